The van der Waals surface area contributed by atoms with Crippen LogP contribution in [0.5, 0.6) is 0 Å². The largest absolute Gasteiger partial charge is 0.326 e. The lowest BCUT2D eigenvalue weighted by molar-refractivity contribution is -0.128. The fourth-order valence-corrected chi connectivity index (χ4v) is 2.97. The number of amides is 3. The molecule has 1 N–H and O–H groups in total. The summed E-state index contributed by atoms with van der Waals surface area (Å²) in [6, 6.07) is 9.04. The van der Waals surface area contributed by atoms with Crippen molar-refractivity contribution < 1.29 is 14.4 Å². The predicted octanol–water partition coefficient (Wildman–Crippen LogP) is 2.49. The first-order chi connectivity index (χ1) is 9.61. The van der Waals surface area contributed by atoms with E-state index in [1.807, 2.05) is 25.1 Å². The second-order valence-corrected chi connectivity index (χ2v) is 5.63. The topological polar surface area (TPSA) is 66.5 Å². The number of para-hydroxylation sites is 1. The van der Waals surface area contributed by atoms with Crippen LogP contribution in [0.2, 0.25) is 0 Å². The first-order valence-electron chi connectivity index (χ1n) is 6.48. The van der Waals surface area contributed by atoms with Gasteiger partial charge in [-0.05, 0) is 18.6 Å². The Kier molecular flexibility index (Phi) is 4.79. The van der Waals surface area contributed by atoms with Gasteiger partial charge in [-0.15, -0.1) is 0 Å². The highest BCUT2D eigenvalue weighted by atomic mass is 32.2. The van der Waals surface area contributed by atoms with E-state index in [-0.39, 0.29) is 23.5 Å². The van der Waals surface area contributed by atoms with E-state index >= 15 is 0 Å². The first-order valence-corrected chi connectivity index (χ1v) is 7.36. The van der Waals surface area contributed by atoms with Crippen molar-refractivity contribution in [2.75, 3.05) is 11.9 Å². The van der Waals surface area contributed by atoms with E-state index in [1.165, 1.54) is 4.90 Å². The molecule has 0 unspecified atom stereocenters. The minimum atomic E-state index is -0.599. The van der Waals surface area contributed by atoms with Gasteiger partial charge in [-0.25, -0.2) is 0 Å². The van der Waals surface area contributed by atoms with Crippen LogP contribution in [0.25, 0.3) is 0 Å². The van der Waals surface area contributed by atoms with E-state index in [1.54, 1.807) is 12.1 Å². The molecule has 1 aliphatic rings. The summed E-state index contributed by atoms with van der Waals surface area (Å²) in [7, 11) is 0. The molecule has 1 atom stereocenters. The molecule has 0 aliphatic carbocycles. The van der Waals surface area contributed by atoms with Crippen molar-refractivity contribution in [2.24, 2.45) is 0 Å². The maximum absolute atomic E-state index is 12.0. The fourth-order valence-electron chi connectivity index (χ4n) is 1.96. The Bertz CT molecular complexity index is 518. The number of thioether (sulfide) groups is 1. The summed E-state index contributed by atoms with van der Waals surface area (Å²) >= 11 is 0.937. The molecule has 1 heterocycles. The number of nitrogens with zero attached hydrogens (tertiary/aromatic N) is 1. The van der Waals surface area contributed by atoms with E-state index in [0.717, 1.165) is 18.2 Å². The first kappa shape index (κ1) is 14.6. The zero-order valence-electron chi connectivity index (χ0n) is 11.2. The molecule has 1 fully saturated rings. The Morgan fingerprint density at radius 1 is 1.30 bits per heavy atom. The number of hydrogen-bond donors (Lipinski definition) is 1. The number of carbonyl (C=O) groups is 3. The van der Waals surface area contributed by atoms with Crippen LogP contribution < -0.4 is 5.32 Å². The molecular weight excluding hydrogens is 276 g/mol. The molecular formula is C14H16N2O3S. The van der Waals surface area contributed by atoms with E-state index in [4.69, 9.17) is 0 Å². The quantitative estimate of drug-likeness (QED) is 0.905. The Labute approximate surface area is 121 Å². The molecule has 0 spiro atoms. The lowest BCUT2D eigenvalue weighted by Gasteiger charge is -2.12. The fraction of sp³-hybridized carbons (Fsp3) is 0.357. The molecule has 3 amide bonds. The minimum Gasteiger partial charge on any atom is -0.326 e. The van der Waals surface area contributed by atoms with Crippen molar-refractivity contribution in [3.05, 3.63) is 30.3 Å². The zero-order chi connectivity index (χ0) is 14.5. The normalized spacial score (nSPS) is 18.4. The van der Waals surface area contributed by atoms with Crippen LogP contribution in [-0.2, 0) is 9.59 Å². The Balaban J connectivity index is 1.92. The highest BCUT2D eigenvalue weighted by molar-refractivity contribution is 8.15. The lowest BCUT2D eigenvalue weighted by Crippen LogP contribution is -2.33. The van der Waals surface area contributed by atoms with Crippen LogP contribution in [0.15, 0.2) is 30.3 Å². The summed E-state index contributed by atoms with van der Waals surface area (Å²) < 4.78 is 0. The highest BCUT2D eigenvalue weighted by Crippen LogP contribution is 2.29. The summed E-state index contributed by atoms with van der Waals surface area (Å²) in [5.74, 6) is -0.515. The van der Waals surface area contributed by atoms with Crippen molar-refractivity contribution >= 4 is 34.5 Å². The molecule has 1 aromatic rings. The average Bonchev–Trinajstić information content (AvgIpc) is 2.68. The Morgan fingerprint density at radius 2 is 2.00 bits per heavy atom. The van der Waals surface area contributed by atoms with Crippen LogP contribution in [0.1, 0.15) is 19.8 Å². The van der Waals surface area contributed by atoms with Gasteiger partial charge in [0.05, 0.1) is 0 Å². The van der Waals surface area contributed by atoms with Crippen LogP contribution >= 0.6 is 11.8 Å². The maximum Gasteiger partial charge on any atom is 0.289 e. The van der Waals surface area contributed by atoms with E-state index in [9.17, 15) is 14.4 Å². The van der Waals surface area contributed by atoms with Gasteiger partial charge in [0.15, 0.2) is 0 Å². The zero-order valence-corrected chi connectivity index (χ0v) is 12.0. The van der Waals surface area contributed by atoms with Gasteiger partial charge < -0.3 is 5.32 Å². The van der Waals surface area contributed by atoms with Gasteiger partial charge in [0, 0.05) is 18.7 Å². The minimum absolute atomic E-state index is 0.0182. The monoisotopic (exact) mass is 292 g/mol. The smallest absolute Gasteiger partial charge is 0.289 e. The second-order valence-electron chi connectivity index (χ2n) is 4.48. The Morgan fingerprint density at radius 3 is 2.65 bits per heavy atom. The van der Waals surface area contributed by atoms with Gasteiger partial charge in [0.2, 0.25) is 11.8 Å². The number of imide groups is 1. The van der Waals surface area contributed by atoms with Gasteiger partial charge in [0.25, 0.3) is 5.24 Å². The van der Waals surface area contributed by atoms with Gasteiger partial charge >= 0.3 is 0 Å². The number of rotatable bonds is 5. The molecule has 1 aliphatic heterocycles. The van der Waals surface area contributed by atoms with Crippen LogP contribution in [0.3, 0.4) is 0 Å². The van der Waals surface area contributed by atoms with Crippen LogP contribution in [0, 0.1) is 0 Å². The van der Waals surface area contributed by atoms with Gasteiger partial charge in [-0.2, -0.15) is 0 Å². The number of benzene rings is 1. The molecule has 0 saturated carbocycles. The van der Waals surface area contributed by atoms with E-state index in [0.29, 0.717) is 12.2 Å². The average molecular weight is 292 g/mol. The van der Waals surface area contributed by atoms with Crippen molar-refractivity contribution in [2.45, 2.75) is 25.0 Å². The number of nitrogens with one attached hydrogen (secondary N) is 1. The lowest BCUT2D eigenvalue weighted by atomic mass is 10.2. The van der Waals surface area contributed by atoms with Gasteiger partial charge in [0.1, 0.15) is 5.25 Å². The second kappa shape index (κ2) is 6.56. The number of hydrogen-bond acceptors (Lipinski definition) is 4. The number of anilines is 1. The molecule has 6 heteroatoms. The molecule has 106 valence electrons. The van der Waals surface area contributed by atoms with Crippen molar-refractivity contribution in [3.63, 3.8) is 0 Å². The summed E-state index contributed by atoms with van der Waals surface area (Å²) in [6.07, 6.45) is 0.741. The summed E-state index contributed by atoms with van der Waals surface area (Å²) in [4.78, 5) is 36.8. The Hall–Kier alpha value is -1.82. The van der Waals surface area contributed by atoms with E-state index < -0.39 is 5.25 Å². The van der Waals surface area contributed by atoms with Crippen molar-refractivity contribution in [1.82, 2.24) is 4.90 Å². The third-order valence-corrected chi connectivity index (χ3v) is 3.96. The predicted molar refractivity (Wildman–Crippen MR) is 78.5 cm³/mol. The molecule has 0 radical (unpaired) electrons. The van der Waals surface area contributed by atoms with Crippen molar-refractivity contribution in [3.8, 4) is 0 Å². The molecule has 0 bridgehead atoms. The van der Waals surface area contributed by atoms with Crippen LogP contribution in [0.4, 0.5) is 10.5 Å². The van der Waals surface area contributed by atoms with Gasteiger partial charge in [-0.3, -0.25) is 19.3 Å². The SMILES string of the molecule is CCCN1C(=O)S[C@H](CC(=O)Nc2ccccc2)C1=O. The number of carbonyl (C=O) groups excluding carboxylic acids is 3. The molecule has 2 rings (SSSR count). The molecule has 1 saturated heterocycles. The molecule has 1 aromatic carbocycles. The molecule has 5 nitrogen and oxygen atoms in total. The standard InChI is InChI=1S/C14H16N2O3S/c1-2-8-16-13(18)11(20-14(16)19)9-12(17)15-10-6-4-3-5-7-10/h3-7,11H,2,8-9H2,1H3,(H,15,17)/t11-/m1/s1. The maximum atomic E-state index is 12.0. The van der Waals surface area contributed by atoms with E-state index in [2.05, 4.69) is 5.32 Å². The third kappa shape index (κ3) is 3.39. The van der Waals surface area contributed by atoms with Gasteiger partial charge in [-0.1, -0.05) is 36.9 Å². The summed E-state index contributed by atoms with van der Waals surface area (Å²) in [5.41, 5.74) is 0.685. The summed E-state index contributed by atoms with van der Waals surface area (Å²) in [6.45, 7) is 2.32. The third-order valence-electron chi connectivity index (χ3n) is 2.88. The summed E-state index contributed by atoms with van der Waals surface area (Å²) in [5, 5.41) is 1.86. The molecule has 0 aromatic heterocycles. The molecule has 20 heavy (non-hydrogen) atoms. The highest BCUT2D eigenvalue weighted by Gasteiger charge is 2.39. The van der Waals surface area contributed by atoms with Crippen LogP contribution in [-0.4, -0.2) is 33.7 Å². The van der Waals surface area contributed by atoms with Crippen molar-refractivity contribution in [1.29, 1.82) is 0 Å².